The standard InChI is InChI=1S/C18H15N2OSi/c1-22(2,21)18-13-9-16(10-14-18)6-4-3-5-15-7-11-17(20-19)12-8-15/h7-14,21H,1-2H3/q+1. The smallest absolute Gasteiger partial charge is 0.385 e. The summed E-state index contributed by atoms with van der Waals surface area (Å²) < 4.78 is 0. The van der Waals surface area contributed by atoms with Crippen LogP contribution in [0.3, 0.4) is 0 Å². The van der Waals surface area contributed by atoms with Crippen LogP contribution < -0.4 is 5.19 Å². The van der Waals surface area contributed by atoms with Gasteiger partial charge in [-0.3, -0.25) is 0 Å². The van der Waals surface area contributed by atoms with Crippen LogP contribution in [-0.4, -0.2) is 13.1 Å². The second-order valence-electron chi connectivity index (χ2n) is 5.28. The van der Waals surface area contributed by atoms with Crippen molar-refractivity contribution in [3.8, 4) is 23.7 Å². The third kappa shape index (κ3) is 4.33. The Balaban J connectivity index is 2.08. The van der Waals surface area contributed by atoms with Crippen molar-refractivity contribution >= 4 is 19.2 Å². The average molecular weight is 303 g/mol. The minimum atomic E-state index is -2.25. The summed E-state index contributed by atoms with van der Waals surface area (Å²) in [5, 5.41) is 9.58. The van der Waals surface area contributed by atoms with Gasteiger partial charge in [0.25, 0.3) is 0 Å². The zero-order valence-corrected chi connectivity index (χ0v) is 13.5. The highest BCUT2D eigenvalue weighted by Crippen LogP contribution is 2.11. The number of hydrogen-bond donors (Lipinski definition) is 1. The Kier molecular flexibility index (Phi) is 4.76. The van der Waals surface area contributed by atoms with Crippen molar-refractivity contribution in [2.24, 2.45) is 0 Å². The molecule has 0 saturated carbocycles. The Bertz CT molecular complexity index is 818. The molecule has 2 aromatic carbocycles. The fraction of sp³-hybridized carbons (Fsp3) is 0.111. The van der Waals surface area contributed by atoms with Crippen LogP contribution in [0.5, 0.6) is 0 Å². The van der Waals surface area contributed by atoms with Crippen LogP contribution in [0, 0.1) is 29.1 Å². The summed E-state index contributed by atoms with van der Waals surface area (Å²) in [6, 6.07) is 14.5. The van der Waals surface area contributed by atoms with Crippen LogP contribution in [0.15, 0.2) is 48.5 Å². The first-order chi connectivity index (χ1) is 10.5. The third-order valence-electron chi connectivity index (χ3n) is 3.05. The molecule has 106 valence electrons. The van der Waals surface area contributed by atoms with Gasteiger partial charge in [0.15, 0.2) is 4.98 Å². The largest absolute Gasteiger partial charge is 0.428 e. The van der Waals surface area contributed by atoms with Crippen molar-refractivity contribution < 1.29 is 4.80 Å². The number of benzene rings is 2. The fourth-order valence-corrected chi connectivity index (χ4v) is 2.76. The number of hydrogen-bond acceptors (Lipinski definition) is 2. The zero-order chi connectivity index (χ0) is 16.0. The maximum atomic E-state index is 10.0. The van der Waals surface area contributed by atoms with Crippen LogP contribution in [0.25, 0.3) is 4.98 Å². The SMILES string of the molecule is C[Si](C)(O)c1ccc(C#CC#Cc2ccc([N+]#N)cc2)cc1. The highest BCUT2D eigenvalue weighted by atomic mass is 28.4. The van der Waals surface area contributed by atoms with Gasteiger partial charge in [-0.25, -0.2) is 0 Å². The van der Waals surface area contributed by atoms with Crippen molar-refractivity contribution in [2.45, 2.75) is 13.1 Å². The van der Waals surface area contributed by atoms with E-state index in [1.165, 1.54) is 0 Å². The monoisotopic (exact) mass is 303 g/mol. The van der Waals surface area contributed by atoms with E-state index in [4.69, 9.17) is 5.39 Å². The molecule has 0 aliphatic rings. The Morgan fingerprint density at radius 3 is 1.73 bits per heavy atom. The van der Waals surface area contributed by atoms with E-state index in [0.29, 0.717) is 5.69 Å². The molecule has 0 aliphatic carbocycles. The molecule has 0 aromatic heterocycles. The van der Waals surface area contributed by atoms with Gasteiger partial charge in [-0.2, -0.15) is 0 Å². The van der Waals surface area contributed by atoms with Crippen molar-refractivity contribution in [3.05, 3.63) is 64.6 Å². The van der Waals surface area contributed by atoms with Gasteiger partial charge in [-0.15, -0.1) is 0 Å². The predicted octanol–water partition coefficient (Wildman–Crippen LogP) is 2.98. The van der Waals surface area contributed by atoms with Crippen LogP contribution in [0.4, 0.5) is 5.69 Å². The van der Waals surface area contributed by atoms with Gasteiger partial charge in [-0.1, -0.05) is 24.0 Å². The van der Waals surface area contributed by atoms with Crippen LogP contribution in [-0.2, 0) is 0 Å². The van der Waals surface area contributed by atoms with Crippen LogP contribution in [0.1, 0.15) is 11.1 Å². The third-order valence-corrected chi connectivity index (χ3v) is 4.80. The van der Waals surface area contributed by atoms with E-state index in [2.05, 4.69) is 28.7 Å². The molecule has 4 heteroatoms. The molecule has 1 N–H and O–H groups in total. The molecule has 0 radical (unpaired) electrons. The summed E-state index contributed by atoms with van der Waals surface area (Å²) >= 11 is 0. The van der Waals surface area contributed by atoms with E-state index in [1.807, 2.05) is 37.4 Å². The lowest BCUT2D eigenvalue weighted by Crippen LogP contribution is -2.41. The number of diazo groups is 1. The van der Waals surface area contributed by atoms with Gasteiger partial charge in [0, 0.05) is 23.3 Å². The molecule has 0 spiro atoms. The molecule has 0 unspecified atom stereocenters. The lowest BCUT2D eigenvalue weighted by molar-refractivity contribution is 0.568. The molecule has 22 heavy (non-hydrogen) atoms. The number of nitrogens with zero attached hydrogens (tertiary/aromatic N) is 2. The van der Waals surface area contributed by atoms with Crippen LogP contribution in [0.2, 0.25) is 13.1 Å². The van der Waals surface area contributed by atoms with Gasteiger partial charge < -0.3 is 4.80 Å². The Morgan fingerprint density at radius 1 is 0.864 bits per heavy atom. The summed E-state index contributed by atoms with van der Waals surface area (Å²) in [5.74, 6) is 11.5. The van der Waals surface area contributed by atoms with E-state index < -0.39 is 8.32 Å². The lowest BCUT2D eigenvalue weighted by Gasteiger charge is -2.13. The van der Waals surface area contributed by atoms with Crippen molar-refractivity contribution in [1.29, 1.82) is 5.39 Å². The first kappa shape index (κ1) is 15.5. The van der Waals surface area contributed by atoms with Crippen molar-refractivity contribution in [1.82, 2.24) is 0 Å². The van der Waals surface area contributed by atoms with Gasteiger partial charge in [0.05, 0.1) is 0 Å². The highest BCUT2D eigenvalue weighted by molar-refractivity contribution is 6.83. The predicted molar refractivity (Wildman–Crippen MR) is 90.7 cm³/mol. The van der Waals surface area contributed by atoms with Crippen molar-refractivity contribution in [2.75, 3.05) is 0 Å². The Labute approximate surface area is 131 Å². The molecule has 0 saturated heterocycles. The van der Waals surface area contributed by atoms with Gasteiger partial charge in [0.2, 0.25) is 13.7 Å². The summed E-state index contributed by atoms with van der Waals surface area (Å²) in [6.07, 6.45) is 0. The van der Waals surface area contributed by atoms with E-state index >= 15 is 0 Å². The average Bonchev–Trinajstić information content (AvgIpc) is 2.52. The summed E-state index contributed by atoms with van der Waals surface area (Å²) in [6.45, 7) is 3.77. The quantitative estimate of drug-likeness (QED) is 0.500. The van der Waals surface area contributed by atoms with E-state index in [1.54, 1.807) is 24.3 Å². The topological polar surface area (TPSA) is 48.4 Å². The second kappa shape index (κ2) is 6.74. The van der Waals surface area contributed by atoms with E-state index in [-0.39, 0.29) is 0 Å². The van der Waals surface area contributed by atoms with Gasteiger partial charge in [-0.05, 0) is 54.4 Å². The maximum Gasteiger partial charge on any atom is 0.385 e. The molecule has 2 rings (SSSR count). The molecular weight excluding hydrogens is 288 g/mol. The molecule has 0 fully saturated rings. The Hall–Kier alpha value is -2.84. The summed E-state index contributed by atoms with van der Waals surface area (Å²) in [7, 11) is -2.25. The fourth-order valence-electron chi connectivity index (χ4n) is 1.78. The zero-order valence-electron chi connectivity index (χ0n) is 12.5. The second-order valence-corrected chi connectivity index (χ2v) is 8.98. The maximum absolute atomic E-state index is 10.0. The molecule has 0 aliphatic heterocycles. The minimum absolute atomic E-state index is 0.493. The molecule has 0 heterocycles. The highest BCUT2D eigenvalue weighted by Gasteiger charge is 2.19. The molecule has 0 atom stereocenters. The van der Waals surface area contributed by atoms with Gasteiger partial charge in [0.1, 0.15) is 0 Å². The molecule has 3 nitrogen and oxygen atoms in total. The Morgan fingerprint density at radius 2 is 1.32 bits per heavy atom. The summed E-state index contributed by atoms with van der Waals surface area (Å²) in [4.78, 5) is 13.1. The minimum Gasteiger partial charge on any atom is -0.428 e. The van der Waals surface area contributed by atoms with Crippen molar-refractivity contribution in [3.63, 3.8) is 0 Å². The number of rotatable bonds is 1. The molecule has 0 amide bonds. The first-order valence-electron chi connectivity index (χ1n) is 6.79. The van der Waals surface area contributed by atoms with E-state index in [0.717, 1.165) is 16.3 Å². The summed E-state index contributed by atoms with van der Waals surface area (Å²) in [5.41, 5.74) is 2.17. The van der Waals surface area contributed by atoms with E-state index in [9.17, 15) is 4.80 Å². The normalized spacial score (nSPS) is 9.73. The first-order valence-corrected chi connectivity index (χ1v) is 9.74. The molecule has 2 aromatic rings. The molecule has 0 bridgehead atoms. The van der Waals surface area contributed by atoms with Gasteiger partial charge >= 0.3 is 5.69 Å². The molecular formula is C18H15N2OSi+. The lowest BCUT2D eigenvalue weighted by atomic mass is 10.2. The van der Waals surface area contributed by atoms with Crippen LogP contribution >= 0.6 is 0 Å².